The van der Waals surface area contributed by atoms with Crippen LogP contribution in [0.3, 0.4) is 0 Å². The van der Waals surface area contributed by atoms with Crippen molar-refractivity contribution < 1.29 is 9.59 Å². The van der Waals surface area contributed by atoms with Gasteiger partial charge in [-0.3, -0.25) is 9.59 Å². The second-order valence-electron chi connectivity index (χ2n) is 5.66. The van der Waals surface area contributed by atoms with E-state index in [2.05, 4.69) is 10.2 Å². The van der Waals surface area contributed by atoms with Crippen LogP contribution in [0.4, 0.5) is 5.69 Å². The summed E-state index contributed by atoms with van der Waals surface area (Å²) >= 11 is 0. The first-order chi connectivity index (χ1) is 11.1. The van der Waals surface area contributed by atoms with E-state index in [4.69, 9.17) is 5.73 Å². The molecule has 1 aliphatic rings. The van der Waals surface area contributed by atoms with E-state index in [-0.39, 0.29) is 5.91 Å². The van der Waals surface area contributed by atoms with Gasteiger partial charge < -0.3 is 16.0 Å². The van der Waals surface area contributed by atoms with Crippen LogP contribution >= 0.6 is 0 Å². The molecule has 5 nitrogen and oxygen atoms in total. The molecule has 0 aromatic heterocycles. The quantitative estimate of drug-likeness (QED) is 0.903. The Labute approximate surface area is 135 Å². The minimum Gasteiger partial charge on any atom is -0.367 e. The molecule has 1 aliphatic heterocycles. The topological polar surface area (TPSA) is 75.4 Å². The third-order valence-electron chi connectivity index (χ3n) is 4.17. The minimum atomic E-state index is -0.393. The van der Waals surface area contributed by atoms with Gasteiger partial charge in [0.05, 0.1) is 0 Å². The number of carbonyl (C=O) groups is 2. The van der Waals surface area contributed by atoms with Crippen molar-refractivity contribution in [2.75, 3.05) is 18.5 Å². The zero-order valence-electron chi connectivity index (χ0n) is 13.0. The van der Waals surface area contributed by atoms with Crippen molar-refractivity contribution in [2.24, 2.45) is 5.73 Å². The lowest BCUT2D eigenvalue weighted by atomic mass is 10.1. The Balaban J connectivity index is 1.76. The Hall–Kier alpha value is -2.82. The first kappa shape index (κ1) is 15.1. The van der Waals surface area contributed by atoms with E-state index in [1.54, 1.807) is 13.1 Å². The van der Waals surface area contributed by atoms with Crippen molar-refractivity contribution in [3.8, 4) is 0 Å². The number of fused-ring (bicyclic) bond motifs is 1. The Morgan fingerprint density at radius 2 is 1.83 bits per heavy atom. The van der Waals surface area contributed by atoms with E-state index < -0.39 is 5.91 Å². The Morgan fingerprint density at radius 3 is 2.48 bits per heavy atom. The van der Waals surface area contributed by atoms with Crippen LogP contribution in [0.15, 0.2) is 42.5 Å². The summed E-state index contributed by atoms with van der Waals surface area (Å²) in [4.78, 5) is 25.1. The van der Waals surface area contributed by atoms with Gasteiger partial charge in [-0.15, -0.1) is 0 Å². The lowest BCUT2D eigenvalue weighted by Crippen LogP contribution is -2.20. The summed E-state index contributed by atoms with van der Waals surface area (Å²) < 4.78 is 0. The molecule has 5 heteroatoms. The highest BCUT2D eigenvalue weighted by atomic mass is 16.1. The zero-order valence-corrected chi connectivity index (χ0v) is 13.0. The fourth-order valence-electron chi connectivity index (χ4n) is 2.91. The summed E-state index contributed by atoms with van der Waals surface area (Å²) in [5.41, 5.74) is 9.99. The van der Waals surface area contributed by atoms with Crippen LogP contribution < -0.4 is 16.0 Å². The van der Waals surface area contributed by atoms with Crippen LogP contribution in [0.1, 0.15) is 31.8 Å². The summed E-state index contributed by atoms with van der Waals surface area (Å²) in [5, 5.41) is 2.61. The van der Waals surface area contributed by atoms with E-state index in [1.807, 2.05) is 36.4 Å². The van der Waals surface area contributed by atoms with Crippen molar-refractivity contribution in [1.82, 2.24) is 5.32 Å². The van der Waals surface area contributed by atoms with Gasteiger partial charge in [0.15, 0.2) is 0 Å². The van der Waals surface area contributed by atoms with E-state index in [0.717, 1.165) is 36.3 Å². The zero-order chi connectivity index (χ0) is 16.4. The van der Waals surface area contributed by atoms with Gasteiger partial charge in [0.2, 0.25) is 5.91 Å². The molecular formula is C18H19N3O2. The molecule has 3 rings (SSSR count). The number of hydrogen-bond acceptors (Lipinski definition) is 3. The molecule has 0 spiro atoms. The number of hydrogen-bond donors (Lipinski definition) is 2. The van der Waals surface area contributed by atoms with Crippen LogP contribution in [0, 0.1) is 0 Å². The molecule has 0 atom stereocenters. The number of nitrogens with zero attached hydrogens (tertiary/aromatic N) is 1. The third kappa shape index (κ3) is 3.04. The molecule has 0 unspecified atom stereocenters. The van der Waals surface area contributed by atoms with Crippen LogP contribution in [-0.4, -0.2) is 25.4 Å². The summed E-state index contributed by atoms with van der Waals surface area (Å²) in [7, 11) is 1.62. The van der Waals surface area contributed by atoms with E-state index in [9.17, 15) is 9.59 Å². The molecule has 1 heterocycles. The van der Waals surface area contributed by atoms with Crippen molar-refractivity contribution in [3.63, 3.8) is 0 Å². The number of rotatable bonds is 4. The minimum absolute atomic E-state index is 0.0814. The maximum absolute atomic E-state index is 11.6. The molecular weight excluding hydrogens is 290 g/mol. The molecule has 0 radical (unpaired) electrons. The number of carbonyl (C=O) groups excluding carboxylic acids is 2. The molecule has 0 saturated heterocycles. The number of primary amides is 1. The maximum Gasteiger partial charge on any atom is 0.251 e. The van der Waals surface area contributed by atoms with Crippen molar-refractivity contribution >= 4 is 17.5 Å². The molecule has 23 heavy (non-hydrogen) atoms. The molecule has 3 N–H and O–H groups in total. The van der Waals surface area contributed by atoms with Crippen molar-refractivity contribution in [1.29, 1.82) is 0 Å². The number of nitrogens with two attached hydrogens (primary N) is 1. The van der Waals surface area contributed by atoms with E-state index in [1.165, 1.54) is 0 Å². The summed E-state index contributed by atoms with van der Waals surface area (Å²) in [6, 6.07) is 13.2. The predicted molar refractivity (Wildman–Crippen MR) is 89.5 cm³/mol. The highest BCUT2D eigenvalue weighted by Gasteiger charge is 2.20. The molecule has 0 saturated carbocycles. The van der Waals surface area contributed by atoms with Crippen molar-refractivity contribution in [3.05, 3.63) is 64.7 Å². The lowest BCUT2D eigenvalue weighted by molar-refractivity contribution is 0.0961. The molecule has 0 bridgehead atoms. The average Bonchev–Trinajstić information content (AvgIpc) is 2.97. The first-order valence-electron chi connectivity index (χ1n) is 7.57. The lowest BCUT2D eigenvalue weighted by Gasteiger charge is -2.19. The smallest absolute Gasteiger partial charge is 0.251 e. The number of amides is 2. The summed E-state index contributed by atoms with van der Waals surface area (Å²) in [6.07, 6.45) is 0.910. The van der Waals surface area contributed by atoms with Gasteiger partial charge in [-0.25, -0.2) is 0 Å². The molecule has 2 aromatic carbocycles. The highest BCUT2D eigenvalue weighted by Crippen LogP contribution is 2.30. The summed E-state index contributed by atoms with van der Waals surface area (Å²) in [5.74, 6) is -0.474. The maximum atomic E-state index is 11.6. The monoisotopic (exact) mass is 309 g/mol. The van der Waals surface area contributed by atoms with Crippen molar-refractivity contribution in [2.45, 2.75) is 13.0 Å². The number of benzene rings is 2. The fraction of sp³-hybridized carbons (Fsp3) is 0.222. The van der Waals surface area contributed by atoms with Crippen LogP contribution in [0.5, 0.6) is 0 Å². The fourth-order valence-corrected chi connectivity index (χ4v) is 2.91. The van der Waals surface area contributed by atoms with Crippen LogP contribution in [-0.2, 0) is 13.0 Å². The van der Waals surface area contributed by atoms with Gasteiger partial charge in [-0.1, -0.05) is 12.1 Å². The molecule has 0 aliphatic carbocycles. The predicted octanol–water partition coefficient (Wildman–Crippen LogP) is 1.71. The van der Waals surface area contributed by atoms with Gasteiger partial charge in [0.1, 0.15) is 0 Å². The Bertz CT molecular complexity index is 753. The normalized spacial score (nSPS) is 12.8. The first-order valence-corrected chi connectivity index (χ1v) is 7.57. The van der Waals surface area contributed by atoms with E-state index >= 15 is 0 Å². The summed E-state index contributed by atoms with van der Waals surface area (Å²) in [6.45, 7) is 1.69. The van der Waals surface area contributed by atoms with E-state index in [0.29, 0.717) is 11.1 Å². The third-order valence-corrected chi connectivity index (χ3v) is 4.17. The molecule has 118 valence electrons. The second-order valence-corrected chi connectivity index (χ2v) is 5.66. The number of nitrogens with one attached hydrogen (secondary N) is 1. The van der Waals surface area contributed by atoms with Crippen LogP contribution in [0.2, 0.25) is 0 Å². The number of anilines is 1. The van der Waals surface area contributed by atoms with Gasteiger partial charge in [-0.2, -0.15) is 0 Å². The van der Waals surface area contributed by atoms with Gasteiger partial charge in [-0.05, 0) is 47.9 Å². The molecule has 2 aromatic rings. The molecule has 2 amide bonds. The standard InChI is InChI=1S/C18H19N3O2/c1-20-18(23)13-4-2-12(3-5-13)11-21-9-8-14-10-15(17(19)22)6-7-16(14)21/h2-7,10H,8-9,11H2,1H3,(H2,19,22)(H,20,23). The Morgan fingerprint density at radius 1 is 1.13 bits per heavy atom. The average molecular weight is 309 g/mol. The van der Waals surface area contributed by atoms with Gasteiger partial charge in [0, 0.05) is 37.0 Å². The van der Waals surface area contributed by atoms with Crippen LogP contribution in [0.25, 0.3) is 0 Å². The Kier molecular flexibility index (Phi) is 4.02. The van der Waals surface area contributed by atoms with Gasteiger partial charge >= 0.3 is 0 Å². The highest BCUT2D eigenvalue weighted by molar-refractivity contribution is 5.94. The largest absolute Gasteiger partial charge is 0.367 e. The second kappa shape index (κ2) is 6.12. The molecule has 0 fully saturated rings. The van der Waals surface area contributed by atoms with Gasteiger partial charge in [0.25, 0.3) is 5.91 Å². The SMILES string of the molecule is CNC(=O)c1ccc(CN2CCc3cc(C(N)=O)ccc32)cc1.